The van der Waals surface area contributed by atoms with Crippen molar-refractivity contribution in [2.75, 3.05) is 26.4 Å². The number of halogens is 3. The molecule has 28 heavy (non-hydrogen) atoms. The van der Waals surface area contributed by atoms with E-state index in [4.69, 9.17) is 37.4 Å². The fourth-order valence-corrected chi connectivity index (χ4v) is 3.33. The lowest BCUT2D eigenvalue weighted by Crippen LogP contribution is -2.17. The van der Waals surface area contributed by atoms with Crippen molar-refractivity contribution in [1.29, 1.82) is 0 Å². The fourth-order valence-electron chi connectivity index (χ4n) is 2.55. The SMILES string of the molecule is CCOCCCNCc1cc(OCC)c(OCc2ccc(Cl)c(Cl)c2)cc1Br. The highest BCUT2D eigenvalue weighted by Gasteiger charge is 2.12. The summed E-state index contributed by atoms with van der Waals surface area (Å²) in [5.74, 6) is 1.40. The highest BCUT2D eigenvalue weighted by molar-refractivity contribution is 9.10. The molecule has 2 aromatic carbocycles. The Bertz CT molecular complexity index is 759. The molecule has 0 radical (unpaired) electrons. The van der Waals surface area contributed by atoms with E-state index in [1.165, 1.54) is 0 Å². The molecule has 4 nitrogen and oxygen atoms in total. The highest BCUT2D eigenvalue weighted by Crippen LogP contribution is 2.34. The molecule has 0 saturated heterocycles. The Labute approximate surface area is 185 Å². The van der Waals surface area contributed by atoms with Gasteiger partial charge in [-0.2, -0.15) is 0 Å². The minimum atomic E-state index is 0.373. The number of hydrogen-bond acceptors (Lipinski definition) is 4. The van der Waals surface area contributed by atoms with Crippen LogP contribution in [-0.4, -0.2) is 26.4 Å². The lowest BCUT2D eigenvalue weighted by molar-refractivity contribution is 0.144. The van der Waals surface area contributed by atoms with E-state index < -0.39 is 0 Å². The molecule has 0 aliphatic carbocycles. The first-order valence-electron chi connectivity index (χ1n) is 9.35. The van der Waals surface area contributed by atoms with Crippen LogP contribution in [0.3, 0.4) is 0 Å². The van der Waals surface area contributed by atoms with E-state index >= 15 is 0 Å². The topological polar surface area (TPSA) is 39.7 Å². The van der Waals surface area contributed by atoms with Gasteiger partial charge in [-0.25, -0.2) is 0 Å². The van der Waals surface area contributed by atoms with Crippen LogP contribution in [0.25, 0.3) is 0 Å². The van der Waals surface area contributed by atoms with Crippen molar-refractivity contribution in [3.63, 3.8) is 0 Å². The Morgan fingerprint density at radius 3 is 2.46 bits per heavy atom. The summed E-state index contributed by atoms with van der Waals surface area (Å²) in [5, 5.41) is 4.47. The van der Waals surface area contributed by atoms with E-state index in [0.717, 1.165) is 54.1 Å². The molecule has 0 aliphatic rings. The molecule has 154 valence electrons. The summed E-state index contributed by atoms with van der Waals surface area (Å²) in [6.07, 6.45) is 0.981. The van der Waals surface area contributed by atoms with Crippen LogP contribution in [0, 0.1) is 0 Å². The Morgan fingerprint density at radius 2 is 1.75 bits per heavy atom. The van der Waals surface area contributed by atoms with Crippen molar-refractivity contribution in [1.82, 2.24) is 5.32 Å². The first-order valence-corrected chi connectivity index (χ1v) is 10.9. The van der Waals surface area contributed by atoms with Gasteiger partial charge in [-0.1, -0.05) is 45.2 Å². The third-order valence-electron chi connectivity index (χ3n) is 3.95. The number of benzene rings is 2. The molecule has 2 aromatic rings. The van der Waals surface area contributed by atoms with E-state index in [-0.39, 0.29) is 0 Å². The molecule has 0 aromatic heterocycles. The molecular formula is C21H26BrCl2NO3. The molecule has 0 amide bonds. The summed E-state index contributed by atoms with van der Waals surface area (Å²) in [7, 11) is 0. The highest BCUT2D eigenvalue weighted by atomic mass is 79.9. The van der Waals surface area contributed by atoms with E-state index in [9.17, 15) is 0 Å². The zero-order chi connectivity index (χ0) is 20.4. The molecule has 0 aliphatic heterocycles. The first-order chi connectivity index (χ1) is 13.5. The van der Waals surface area contributed by atoms with Crippen LogP contribution in [0.1, 0.15) is 31.4 Å². The maximum Gasteiger partial charge on any atom is 0.162 e. The number of nitrogens with one attached hydrogen (secondary N) is 1. The van der Waals surface area contributed by atoms with Gasteiger partial charge in [-0.05, 0) is 62.2 Å². The van der Waals surface area contributed by atoms with E-state index in [0.29, 0.717) is 29.0 Å². The van der Waals surface area contributed by atoms with Gasteiger partial charge >= 0.3 is 0 Å². The van der Waals surface area contributed by atoms with Gasteiger partial charge in [-0.15, -0.1) is 0 Å². The van der Waals surface area contributed by atoms with E-state index in [1.807, 2.05) is 32.0 Å². The standard InChI is InChI=1S/C21H26BrCl2NO3/c1-3-26-9-5-8-25-13-16-11-20(27-4-2)21(12-17(16)22)28-14-15-6-7-18(23)19(24)10-15/h6-7,10-12,25H,3-5,8-9,13-14H2,1-2H3. The van der Waals surface area contributed by atoms with Crippen LogP contribution in [0.2, 0.25) is 10.0 Å². The van der Waals surface area contributed by atoms with Crippen molar-refractivity contribution in [3.8, 4) is 11.5 Å². The smallest absolute Gasteiger partial charge is 0.162 e. The predicted molar refractivity (Wildman–Crippen MR) is 119 cm³/mol. The van der Waals surface area contributed by atoms with Gasteiger partial charge in [0.25, 0.3) is 0 Å². The average Bonchev–Trinajstić information content (AvgIpc) is 2.68. The lowest BCUT2D eigenvalue weighted by atomic mass is 10.2. The second kappa shape index (κ2) is 12.6. The molecule has 0 saturated carbocycles. The summed E-state index contributed by atoms with van der Waals surface area (Å²) in [4.78, 5) is 0. The van der Waals surface area contributed by atoms with Crippen LogP contribution in [0.15, 0.2) is 34.8 Å². The van der Waals surface area contributed by atoms with Crippen molar-refractivity contribution in [3.05, 3.63) is 56.0 Å². The summed E-state index contributed by atoms with van der Waals surface area (Å²) in [5.41, 5.74) is 2.05. The molecule has 0 spiro atoms. The number of hydrogen-bond donors (Lipinski definition) is 1. The monoisotopic (exact) mass is 489 g/mol. The van der Waals surface area contributed by atoms with Gasteiger partial charge in [-0.3, -0.25) is 0 Å². The predicted octanol–water partition coefficient (Wildman–Crippen LogP) is 6.25. The third-order valence-corrected chi connectivity index (χ3v) is 5.43. The lowest BCUT2D eigenvalue weighted by Gasteiger charge is -2.16. The zero-order valence-corrected chi connectivity index (χ0v) is 19.3. The Kier molecular flexibility index (Phi) is 10.4. The number of rotatable bonds is 12. The van der Waals surface area contributed by atoms with Crippen molar-refractivity contribution >= 4 is 39.1 Å². The maximum atomic E-state index is 6.08. The quantitative estimate of drug-likeness (QED) is 0.357. The first kappa shape index (κ1) is 23.3. The van der Waals surface area contributed by atoms with E-state index in [2.05, 4.69) is 21.2 Å². The molecule has 0 fully saturated rings. The summed E-state index contributed by atoms with van der Waals surface area (Å²) >= 11 is 15.7. The summed E-state index contributed by atoms with van der Waals surface area (Å²) in [6, 6.07) is 9.42. The van der Waals surface area contributed by atoms with Crippen molar-refractivity contribution in [2.24, 2.45) is 0 Å². The van der Waals surface area contributed by atoms with Gasteiger partial charge in [0.05, 0.1) is 16.7 Å². The van der Waals surface area contributed by atoms with Gasteiger partial charge in [0.1, 0.15) is 6.61 Å². The Hall–Kier alpha value is -0.980. The van der Waals surface area contributed by atoms with Gasteiger partial charge in [0, 0.05) is 24.2 Å². The second-order valence-electron chi connectivity index (χ2n) is 6.09. The van der Waals surface area contributed by atoms with Gasteiger partial charge < -0.3 is 19.5 Å². The zero-order valence-electron chi connectivity index (χ0n) is 16.2. The molecular weight excluding hydrogens is 465 g/mol. The molecule has 0 atom stereocenters. The molecule has 7 heteroatoms. The van der Waals surface area contributed by atoms with Crippen LogP contribution >= 0.6 is 39.1 Å². The Balaban J connectivity index is 2.01. The second-order valence-corrected chi connectivity index (χ2v) is 7.76. The molecule has 0 bridgehead atoms. The van der Waals surface area contributed by atoms with Gasteiger partial charge in [0.2, 0.25) is 0 Å². The van der Waals surface area contributed by atoms with Crippen LogP contribution < -0.4 is 14.8 Å². The van der Waals surface area contributed by atoms with Crippen molar-refractivity contribution < 1.29 is 14.2 Å². The molecule has 0 unspecified atom stereocenters. The fraction of sp³-hybridized carbons (Fsp3) is 0.429. The average molecular weight is 491 g/mol. The summed E-state index contributed by atoms with van der Waals surface area (Å²) in [6.45, 7) is 8.06. The maximum absolute atomic E-state index is 6.08. The minimum Gasteiger partial charge on any atom is -0.490 e. The van der Waals surface area contributed by atoms with Crippen LogP contribution in [0.4, 0.5) is 0 Å². The largest absolute Gasteiger partial charge is 0.490 e. The molecule has 2 rings (SSSR count). The van der Waals surface area contributed by atoms with Crippen molar-refractivity contribution in [2.45, 2.75) is 33.4 Å². The normalized spacial score (nSPS) is 10.9. The molecule has 0 heterocycles. The number of ether oxygens (including phenoxy) is 3. The van der Waals surface area contributed by atoms with Crippen LogP contribution in [-0.2, 0) is 17.9 Å². The van der Waals surface area contributed by atoms with E-state index in [1.54, 1.807) is 12.1 Å². The van der Waals surface area contributed by atoms with Gasteiger partial charge in [0.15, 0.2) is 11.5 Å². The Morgan fingerprint density at radius 1 is 0.964 bits per heavy atom. The third kappa shape index (κ3) is 7.45. The minimum absolute atomic E-state index is 0.373. The molecule has 1 N–H and O–H groups in total. The summed E-state index contributed by atoms with van der Waals surface area (Å²) < 4.78 is 18.1. The van der Waals surface area contributed by atoms with Crippen LogP contribution in [0.5, 0.6) is 11.5 Å².